The van der Waals surface area contributed by atoms with Gasteiger partial charge in [-0.3, -0.25) is 4.79 Å². The van der Waals surface area contributed by atoms with E-state index in [1.807, 2.05) is 55.5 Å². The number of nitrogens with one attached hydrogen (secondary N) is 1. The molecule has 0 saturated carbocycles. The van der Waals surface area contributed by atoms with Crippen LogP contribution in [0.15, 0.2) is 48.5 Å². The maximum absolute atomic E-state index is 12.3. The first-order chi connectivity index (χ1) is 12.6. The Morgan fingerprint density at radius 2 is 1.81 bits per heavy atom. The maximum atomic E-state index is 12.3. The normalized spacial score (nSPS) is 10.5. The van der Waals surface area contributed by atoms with Crippen LogP contribution in [-0.4, -0.2) is 25.1 Å². The molecule has 1 amide bonds. The molecule has 0 radical (unpaired) electrons. The van der Waals surface area contributed by atoms with Gasteiger partial charge in [0.05, 0.1) is 6.61 Å². The third-order valence-electron chi connectivity index (χ3n) is 3.72. The first-order valence-electron chi connectivity index (χ1n) is 8.26. The van der Waals surface area contributed by atoms with E-state index in [-0.39, 0.29) is 19.1 Å². The van der Waals surface area contributed by atoms with E-state index >= 15 is 0 Å². The smallest absolute Gasteiger partial charge is 0.341 e. The Balaban J connectivity index is 1.76. The summed E-state index contributed by atoms with van der Waals surface area (Å²) in [5.74, 6) is -0.157. The zero-order valence-electron chi connectivity index (χ0n) is 14.6. The molecule has 26 heavy (non-hydrogen) atoms. The summed E-state index contributed by atoms with van der Waals surface area (Å²) in [5, 5.41) is 4.02. The first-order valence-corrected chi connectivity index (χ1v) is 9.08. The predicted octanol–water partition coefficient (Wildman–Crippen LogP) is 4.40. The lowest BCUT2D eigenvalue weighted by atomic mass is 10.1. The van der Waals surface area contributed by atoms with Gasteiger partial charge < -0.3 is 14.8 Å². The summed E-state index contributed by atoms with van der Waals surface area (Å²) in [7, 11) is 0. The number of hydrogen-bond acceptors (Lipinski definition) is 5. The predicted molar refractivity (Wildman–Crippen MR) is 103 cm³/mol. The Hall–Kier alpha value is -2.86. The summed E-state index contributed by atoms with van der Waals surface area (Å²) in [6, 6.07) is 14.9. The van der Waals surface area contributed by atoms with Crippen LogP contribution in [0, 0.1) is 6.92 Å². The highest BCUT2D eigenvalue weighted by Gasteiger charge is 2.21. The molecule has 134 valence electrons. The van der Waals surface area contributed by atoms with Crippen molar-refractivity contribution in [2.75, 3.05) is 18.5 Å². The van der Waals surface area contributed by atoms with E-state index in [9.17, 15) is 9.59 Å². The van der Waals surface area contributed by atoms with Crippen molar-refractivity contribution >= 4 is 38.3 Å². The number of carbonyl (C=O) groups excluding carboxylic acids is 2. The highest BCUT2D eigenvalue weighted by Crippen LogP contribution is 2.36. The second-order valence-corrected chi connectivity index (χ2v) is 6.72. The van der Waals surface area contributed by atoms with E-state index in [1.165, 1.54) is 11.3 Å². The molecule has 0 aliphatic rings. The average Bonchev–Trinajstić information content (AvgIpc) is 2.99. The number of esters is 1. The van der Waals surface area contributed by atoms with Crippen molar-refractivity contribution in [3.8, 4) is 5.75 Å². The second kappa shape index (κ2) is 8.01. The van der Waals surface area contributed by atoms with Crippen LogP contribution < -0.4 is 10.1 Å². The van der Waals surface area contributed by atoms with Gasteiger partial charge in [0.1, 0.15) is 16.3 Å². The summed E-state index contributed by atoms with van der Waals surface area (Å²) in [6.07, 6.45) is 0. The van der Waals surface area contributed by atoms with Crippen molar-refractivity contribution in [1.29, 1.82) is 0 Å². The Morgan fingerprint density at radius 1 is 1.08 bits per heavy atom. The third kappa shape index (κ3) is 4.03. The van der Waals surface area contributed by atoms with Crippen LogP contribution >= 0.6 is 11.3 Å². The third-order valence-corrected chi connectivity index (χ3v) is 4.81. The molecule has 0 aliphatic heterocycles. The molecular formula is C20H19NO4S. The summed E-state index contributed by atoms with van der Waals surface area (Å²) < 4.78 is 11.5. The van der Waals surface area contributed by atoms with Gasteiger partial charge in [-0.05, 0) is 32.0 Å². The molecule has 1 heterocycles. The minimum atomic E-state index is -0.445. The van der Waals surface area contributed by atoms with Crippen molar-refractivity contribution in [3.05, 3.63) is 59.7 Å². The van der Waals surface area contributed by atoms with Gasteiger partial charge in [-0.15, -0.1) is 11.3 Å². The zero-order valence-corrected chi connectivity index (χ0v) is 15.4. The fourth-order valence-electron chi connectivity index (χ4n) is 2.49. The zero-order chi connectivity index (χ0) is 18.5. The highest BCUT2D eigenvalue weighted by molar-refractivity contribution is 7.23. The van der Waals surface area contributed by atoms with E-state index < -0.39 is 5.97 Å². The quantitative estimate of drug-likeness (QED) is 0.654. The van der Waals surface area contributed by atoms with Crippen LogP contribution in [0.5, 0.6) is 5.75 Å². The molecule has 0 fully saturated rings. The van der Waals surface area contributed by atoms with Crippen molar-refractivity contribution < 1.29 is 19.1 Å². The second-order valence-electron chi connectivity index (χ2n) is 5.67. The Bertz CT molecular complexity index is 931. The molecule has 3 aromatic rings. The van der Waals surface area contributed by atoms with E-state index in [1.54, 1.807) is 6.92 Å². The molecule has 1 N–H and O–H groups in total. The van der Waals surface area contributed by atoms with Gasteiger partial charge >= 0.3 is 5.97 Å². The number of thiophene rings is 1. The number of ether oxygens (including phenoxy) is 2. The SMILES string of the molecule is CCOC(=O)c1c(NC(=O)COc2ccc(C)cc2)sc2ccccc12. The number of benzene rings is 2. The van der Waals surface area contributed by atoms with Crippen LogP contribution in [0.4, 0.5) is 5.00 Å². The lowest BCUT2D eigenvalue weighted by Gasteiger charge is -2.08. The molecule has 6 heteroatoms. The van der Waals surface area contributed by atoms with Crippen molar-refractivity contribution in [3.63, 3.8) is 0 Å². The molecule has 0 unspecified atom stereocenters. The van der Waals surface area contributed by atoms with Gasteiger partial charge in [0, 0.05) is 10.1 Å². The maximum Gasteiger partial charge on any atom is 0.341 e. The fourth-order valence-corrected chi connectivity index (χ4v) is 3.59. The Labute approximate surface area is 155 Å². The summed E-state index contributed by atoms with van der Waals surface area (Å²) in [5.41, 5.74) is 1.50. The van der Waals surface area contributed by atoms with Crippen molar-refractivity contribution in [2.45, 2.75) is 13.8 Å². The topological polar surface area (TPSA) is 64.6 Å². The van der Waals surface area contributed by atoms with Crippen molar-refractivity contribution in [1.82, 2.24) is 0 Å². The van der Waals surface area contributed by atoms with E-state index in [2.05, 4.69) is 5.32 Å². The van der Waals surface area contributed by atoms with Gasteiger partial charge in [-0.25, -0.2) is 4.79 Å². The Kier molecular flexibility index (Phi) is 5.53. The average molecular weight is 369 g/mol. The highest BCUT2D eigenvalue weighted by atomic mass is 32.1. The number of carbonyl (C=O) groups is 2. The van der Waals surface area contributed by atoms with Crippen LogP contribution in [0.2, 0.25) is 0 Å². The number of aryl methyl sites for hydroxylation is 1. The molecule has 0 bridgehead atoms. The number of rotatable bonds is 6. The molecule has 3 rings (SSSR count). The molecule has 1 aromatic heterocycles. The standard InChI is InChI=1S/C20H19NO4S/c1-3-24-20(23)18-15-6-4-5-7-16(15)26-19(18)21-17(22)12-25-14-10-8-13(2)9-11-14/h4-11H,3,12H2,1-2H3,(H,21,22). The lowest BCUT2D eigenvalue weighted by Crippen LogP contribution is -2.21. The molecular weight excluding hydrogens is 350 g/mol. The molecule has 5 nitrogen and oxygen atoms in total. The van der Waals surface area contributed by atoms with Crippen LogP contribution in [0.25, 0.3) is 10.1 Å². The molecule has 0 saturated heterocycles. The largest absolute Gasteiger partial charge is 0.484 e. The van der Waals surface area contributed by atoms with Gasteiger partial charge in [-0.1, -0.05) is 35.9 Å². The van der Waals surface area contributed by atoms with Gasteiger partial charge in [0.15, 0.2) is 6.61 Å². The van der Waals surface area contributed by atoms with Gasteiger partial charge in [0.2, 0.25) is 0 Å². The molecule has 0 aliphatic carbocycles. The minimum absolute atomic E-state index is 0.139. The summed E-state index contributed by atoms with van der Waals surface area (Å²) in [4.78, 5) is 24.6. The van der Waals surface area contributed by atoms with E-state index in [0.29, 0.717) is 16.3 Å². The molecule has 2 aromatic carbocycles. The first kappa shape index (κ1) is 17.9. The van der Waals surface area contributed by atoms with E-state index in [0.717, 1.165) is 15.6 Å². The minimum Gasteiger partial charge on any atom is -0.484 e. The molecule has 0 spiro atoms. The lowest BCUT2D eigenvalue weighted by molar-refractivity contribution is -0.118. The fraction of sp³-hybridized carbons (Fsp3) is 0.200. The Morgan fingerprint density at radius 3 is 2.54 bits per heavy atom. The van der Waals surface area contributed by atoms with Crippen molar-refractivity contribution in [2.24, 2.45) is 0 Å². The number of amides is 1. The van der Waals surface area contributed by atoms with Crippen LogP contribution in [0.1, 0.15) is 22.8 Å². The number of fused-ring (bicyclic) bond motifs is 1. The number of hydrogen-bond donors (Lipinski definition) is 1. The van der Waals surface area contributed by atoms with Gasteiger partial charge in [-0.2, -0.15) is 0 Å². The van der Waals surface area contributed by atoms with Crippen LogP contribution in [-0.2, 0) is 9.53 Å². The van der Waals surface area contributed by atoms with Crippen LogP contribution in [0.3, 0.4) is 0 Å². The van der Waals surface area contributed by atoms with Gasteiger partial charge in [0.25, 0.3) is 5.91 Å². The monoisotopic (exact) mass is 369 g/mol. The van der Waals surface area contributed by atoms with E-state index in [4.69, 9.17) is 9.47 Å². The molecule has 0 atom stereocenters. The summed E-state index contributed by atoms with van der Waals surface area (Å²) >= 11 is 1.34. The summed E-state index contributed by atoms with van der Waals surface area (Å²) in [6.45, 7) is 3.86. The number of anilines is 1.